The highest BCUT2D eigenvalue weighted by Gasteiger charge is 2.20. The summed E-state index contributed by atoms with van der Waals surface area (Å²) in [7, 11) is 0. The molecule has 0 aliphatic carbocycles. The number of aryl methyl sites for hydroxylation is 1. The second kappa shape index (κ2) is 8.65. The van der Waals surface area contributed by atoms with E-state index in [0.717, 1.165) is 23.4 Å². The molecule has 0 spiro atoms. The topological polar surface area (TPSA) is 72.7 Å². The number of carbonyl (C=O) groups excluding carboxylic acids is 1. The van der Waals surface area contributed by atoms with Crippen molar-refractivity contribution in [3.8, 4) is 0 Å². The van der Waals surface area contributed by atoms with E-state index in [1.807, 2.05) is 45.0 Å². The fourth-order valence-corrected chi connectivity index (χ4v) is 4.43. The highest BCUT2D eigenvalue weighted by atomic mass is 32.2. The molecule has 1 aromatic carbocycles. The molecule has 1 N–H and O–H groups in total. The lowest BCUT2D eigenvalue weighted by Gasteiger charge is -2.19. The Balaban J connectivity index is 1.79. The Bertz CT molecular complexity index is 1020. The molecule has 0 fully saturated rings. The Kier molecular flexibility index (Phi) is 6.24. The molecule has 3 aromatic rings. The number of hydrogen-bond donors (Lipinski definition) is 1. The summed E-state index contributed by atoms with van der Waals surface area (Å²) in [6, 6.07) is 12.4. The summed E-state index contributed by atoms with van der Waals surface area (Å²) in [6.45, 7) is 8.76. The van der Waals surface area contributed by atoms with Crippen LogP contribution in [0.25, 0.3) is 0 Å². The van der Waals surface area contributed by atoms with Gasteiger partial charge in [-0.15, -0.1) is 5.10 Å². The molecule has 0 amide bonds. The van der Waals surface area contributed by atoms with Crippen molar-refractivity contribution in [2.75, 3.05) is 5.75 Å². The van der Waals surface area contributed by atoms with E-state index < -0.39 is 0 Å². The number of Topliss-reactive ketones (excluding diaryl/α,β-unsaturated/α-hetero) is 1. The predicted molar refractivity (Wildman–Crippen MR) is 112 cm³/mol. The van der Waals surface area contributed by atoms with Crippen molar-refractivity contribution in [3.63, 3.8) is 0 Å². The van der Waals surface area contributed by atoms with Crippen LogP contribution in [0.5, 0.6) is 0 Å². The van der Waals surface area contributed by atoms with Crippen molar-refractivity contribution in [2.45, 2.75) is 51.9 Å². The zero-order valence-corrected chi connectivity index (χ0v) is 17.5. The highest BCUT2D eigenvalue weighted by molar-refractivity contribution is 7.99. The van der Waals surface area contributed by atoms with Gasteiger partial charge in [0.05, 0.1) is 11.8 Å². The summed E-state index contributed by atoms with van der Waals surface area (Å²) in [5.74, 6) is 0.293. The van der Waals surface area contributed by atoms with Gasteiger partial charge in [0.15, 0.2) is 10.9 Å². The fourth-order valence-electron chi connectivity index (χ4n) is 3.58. The van der Waals surface area contributed by atoms with Crippen molar-refractivity contribution in [1.29, 1.82) is 0 Å². The van der Waals surface area contributed by atoms with Crippen LogP contribution in [0.15, 0.2) is 46.3 Å². The SMILES string of the molecule is CCCn1c(SCC(=O)c2cc(C)n([C@@H](C)c3ccccc3)c2C)n[nH]c1=O. The second-order valence-corrected chi connectivity index (χ2v) is 7.86. The molecule has 0 bridgehead atoms. The lowest BCUT2D eigenvalue weighted by Crippen LogP contribution is -2.17. The van der Waals surface area contributed by atoms with E-state index in [2.05, 4.69) is 33.8 Å². The monoisotopic (exact) mass is 398 g/mol. The average molecular weight is 399 g/mol. The van der Waals surface area contributed by atoms with Crippen molar-refractivity contribution >= 4 is 17.5 Å². The smallest absolute Gasteiger partial charge is 0.341 e. The molecule has 1 atom stereocenters. The van der Waals surface area contributed by atoms with Gasteiger partial charge in [-0.05, 0) is 38.8 Å². The molecule has 28 heavy (non-hydrogen) atoms. The van der Waals surface area contributed by atoms with Crippen molar-refractivity contribution in [2.24, 2.45) is 0 Å². The molecular weight excluding hydrogens is 372 g/mol. The summed E-state index contributed by atoms with van der Waals surface area (Å²) < 4.78 is 3.79. The molecule has 0 saturated carbocycles. The van der Waals surface area contributed by atoms with E-state index in [9.17, 15) is 9.59 Å². The third-order valence-corrected chi connectivity index (χ3v) is 5.93. The third kappa shape index (κ3) is 3.99. The minimum absolute atomic E-state index is 0.0445. The number of benzene rings is 1. The first-order valence-corrected chi connectivity index (χ1v) is 10.5. The Morgan fingerprint density at radius 2 is 1.96 bits per heavy atom. The van der Waals surface area contributed by atoms with Gasteiger partial charge in [-0.1, -0.05) is 49.0 Å². The van der Waals surface area contributed by atoms with Crippen LogP contribution in [0.2, 0.25) is 0 Å². The molecule has 7 heteroatoms. The van der Waals surface area contributed by atoms with Gasteiger partial charge in [0, 0.05) is 23.5 Å². The largest absolute Gasteiger partial charge is 0.343 e. The van der Waals surface area contributed by atoms with E-state index in [0.29, 0.717) is 11.7 Å². The third-order valence-electron chi connectivity index (χ3n) is 4.96. The Labute approximate surface area is 169 Å². The zero-order chi connectivity index (χ0) is 20.3. The highest BCUT2D eigenvalue weighted by Crippen LogP contribution is 2.27. The van der Waals surface area contributed by atoms with Gasteiger partial charge >= 0.3 is 5.69 Å². The number of H-pyrrole nitrogens is 1. The van der Waals surface area contributed by atoms with Gasteiger partial charge in [0.1, 0.15) is 0 Å². The lowest BCUT2D eigenvalue weighted by molar-refractivity contribution is 0.102. The number of nitrogens with one attached hydrogen (secondary N) is 1. The van der Waals surface area contributed by atoms with Crippen molar-refractivity contribution in [3.05, 3.63) is 69.4 Å². The maximum Gasteiger partial charge on any atom is 0.343 e. The standard InChI is InChI=1S/C21H26N4O2S/c1-5-11-24-20(27)22-23-21(24)28-13-19(26)18-12-14(2)25(16(18)4)15(3)17-9-7-6-8-10-17/h6-10,12,15H,5,11,13H2,1-4H3,(H,22,27)/t15-/m0/s1. The van der Waals surface area contributed by atoms with E-state index in [1.165, 1.54) is 17.3 Å². The number of ketones is 1. The minimum Gasteiger partial charge on any atom is -0.341 e. The number of aromatic nitrogens is 4. The first-order valence-electron chi connectivity index (χ1n) is 9.48. The number of rotatable bonds is 8. The summed E-state index contributed by atoms with van der Waals surface area (Å²) in [5, 5.41) is 7.07. The fraction of sp³-hybridized carbons (Fsp3) is 0.381. The maximum atomic E-state index is 12.9. The number of carbonyl (C=O) groups is 1. The van der Waals surface area contributed by atoms with Crippen molar-refractivity contribution in [1.82, 2.24) is 19.3 Å². The van der Waals surface area contributed by atoms with Crippen LogP contribution >= 0.6 is 11.8 Å². The summed E-state index contributed by atoms with van der Waals surface area (Å²) in [6.07, 6.45) is 0.833. The Hall–Kier alpha value is -2.54. The summed E-state index contributed by atoms with van der Waals surface area (Å²) >= 11 is 1.30. The summed E-state index contributed by atoms with van der Waals surface area (Å²) in [5.41, 5.74) is 3.73. The quantitative estimate of drug-likeness (QED) is 0.460. The molecule has 148 valence electrons. The van der Waals surface area contributed by atoms with E-state index in [4.69, 9.17) is 0 Å². The molecule has 2 aromatic heterocycles. The second-order valence-electron chi connectivity index (χ2n) is 6.92. The van der Waals surface area contributed by atoms with Crippen LogP contribution in [0.3, 0.4) is 0 Å². The molecule has 2 heterocycles. The van der Waals surface area contributed by atoms with Crippen LogP contribution < -0.4 is 5.69 Å². The molecular formula is C21H26N4O2S. The van der Waals surface area contributed by atoms with Crippen LogP contribution in [-0.2, 0) is 6.54 Å². The number of aromatic amines is 1. The predicted octanol–water partition coefficient (Wildman–Crippen LogP) is 3.98. The van der Waals surface area contributed by atoms with Gasteiger partial charge in [-0.25, -0.2) is 9.89 Å². The van der Waals surface area contributed by atoms with E-state index in [-0.39, 0.29) is 23.3 Å². The Morgan fingerprint density at radius 3 is 2.64 bits per heavy atom. The maximum absolute atomic E-state index is 12.9. The average Bonchev–Trinajstić information content (AvgIpc) is 3.19. The summed E-state index contributed by atoms with van der Waals surface area (Å²) in [4.78, 5) is 24.7. The minimum atomic E-state index is -0.230. The molecule has 0 aliphatic rings. The first-order chi connectivity index (χ1) is 13.4. The van der Waals surface area contributed by atoms with Crippen LogP contribution in [0.1, 0.15) is 53.6 Å². The molecule has 6 nitrogen and oxygen atoms in total. The van der Waals surface area contributed by atoms with Gasteiger partial charge < -0.3 is 4.57 Å². The van der Waals surface area contributed by atoms with E-state index in [1.54, 1.807) is 4.57 Å². The van der Waals surface area contributed by atoms with Gasteiger partial charge in [0.2, 0.25) is 0 Å². The Morgan fingerprint density at radius 1 is 1.25 bits per heavy atom. The van der Waals surface area contributed by atoms with Crippen LogP contribution in [-0.4, -0.2) is 30.9 Å². The van der Waals surface area contributed by atoms with Gasteiger partial charge in [-0.3, -0.25) is 9.36 Å². The normalized spacial score (nSPS) is 12.3. The van der Waals surface area contributed by atoms with Crippen LogP contribution in [0.4, 0.5) is 0 Å². The number of nitrogens with zero attached hydrogens (tertiary/aromatic N) is 3. The van der Waals surface area contributed by atoms with Gasteiger partial charge in [-0.2, -0.15) is 0 Å². The van der Waals surface area contributed by atoms with Crippen molar-refractivity contribution < 1.29 is 4.79 Å². The van der Waals surface area contributed by atoms with E-state index >= 15 is 0 Å². The van der Waals surface area contributed by atoms with Crippen LogP contribution in [0, 0.1) is 13.8 Å². The molecule has 0 unspecified atom stereocenters. The number of thioether (sulfide) groups is 1. The first kappa shape index (κ1) is 20.2. The molecule has 0 radical (unpaired) electrons. The van der Waals surface area contributed by atoms with Gasteiger partial charge in [0.25, 0.3) is 0 Å². The zero-order valence-electron chi connectivity index (χ0n) is 16.7. The number of hydrogen-bond acceptors (Lipinski definition) is 4. The molecule has 0 saturated heterocycles. The molecule has 3 rings (SSSR count). The lowest BCUT2D eigenvalue weighted by atomic mass is 10.1. The molecule has 0 aliphatic heterocycles.